The minimum atomic E-state index is -0.343. The van der Waals surface area contributed by atoms with Crippen LogP contribution in [-0.2, 0) is 0 Å². The van der Waals surface area contributed by atoms with E-state index in [1.165, 1.54) is 23.8 Å². The van der Waals surface area contributed by atoms with Crippen molar-refractivity contribution in [3.63, 3.8) is 0 Å². The Kier molecular flexibility index (Phi) is 5.30. The monoisotopic (exact) mass is 451 g/mol. The van der Waals surface area contributed by atoms with Crippen LogP contribution in [0.3, 0.4) is 0 Å². The van der Waals surface area contributed by atoms with Gasteiger partial charge < -0.3 is 5.32 Å². The number of hydrogen-bond donors (Lipinski definition) is 1. The third-order valence-corrected chi connectivity index (χ3v) is 5.52. The molecule has 0 fully saturated rings. The normalized spacial score (nSPS) is 12.0. The third kappa shape index (κ3) is 3.84. The lowest BCUT2D eigenvalue weighted by Crippen LogP contribution is -2.29. The van der Waals surface area contributed by atoms with Gasteiger partial charge in [-0.25, -0.2) is 4.39 Å². The number of carbonyl (C=O) groups excluding carboxylic acids is 1. The van der Waals surface area contributed by atoms with Gasteiger partial charge >= 0.3 is 0 Å². The highest BCUT2D eigenvalue weighted by molar-refractivity contribution is 14.1. The van der Waals surface area contributed by atoms with Crippen molar-refractivity contribution >= 4 is 39.8 Å². The number of carbonyl (C=O) groups is 1. The molecule has 1 atom stereocenters. The van der Waals surface area contributed by atoms with Gasteiger partial charge in [0.1, 0.15) is 5.82 Å². The molecular weight excluding hydrogens is 436 g/mol. The van der Waals surface area contributed by atoms with Crippen molar-refractivity contribution in [2.24, 2.45) is 0 Å². The molecule has 0 aliphatic rings. The summed E-state index contributed by atoms with van der Waals surface area (Å²) in [6, 6.07) is 16.1. The number of benzene rings is 2. The topological polar surface area (TPSA) is 29.1 Å². The summed E-state index contributed by atoms with van der Waals surface area (Å²) < 4.78 is 13.9. The SMILES string of the molecule is Cc1ccc(C(NC(=O)c2ccc(F)cc2I)c2cccs2)cc1. The quantitative estimate of drug-likeness (QED) is 0.535. The Balaban J connectivity index is 1.92. The summed E-state index contributed by atoms with van der Waals surface area (Å²) in [6.07, 6.45) is 0. The highest BCUT2D eigenvalue weighted by atomic mass is 127. The lowest BCUT2D eigenvalue weighted by Gasteiger charge is -2.19. The molecule has 0 saturated carbocycles. The highest BCUT2D eigenvalue weighted by Crippen LogP contribution is 2.27. The molecular formula is C19H15FINOS. The first-order valence-corrected chi connectivity index (χ1v) is 9.36. The van der Waals surface area contributed by atoms with Crippen molar-refractivity contribution in [2.45, 2.75) is 13.0 Å². The maximum Gasteiger partial charge on any atom is 0.253 e. The largest absolute Gasteiger partial charge is 0.340 e. The number of halogens is 2. The van der Waals surface area contributed by atoms with Crippen LogP contribution in [0.15, 0.2) is 60.0 Å². The van der Waals surface area contributed by atoms with Crippen molar-refractivity contribution in [1.82, 2.24) is 5.32 Å². The minimum Gasteiger partial charge on any atom is -0.340 e. The molecule has 5 heteroatoms. The fourth-order valence-electron chi connectivity index (χ4n) is 2.42. The van der Waals surface area contributed by atoms with Gasteiger partial charge in [-0.1, -0.05) is 35.9 Å². The number of rotatable bonds is 4. The van der Waals surface area contributed by atoms with Gasteiger partial charge in [-0.15, -0.1) is 11.3 Å². The number of aryl methyl sites for hydroxylation is 1. The van der Waals surface area contributed by atoms with Crippen molar-refractivity contribution in [1.29, 1.82) is 0 Å². The summed E-state index contributed by atoms with van der Waals surface area (Å²) in [5.41, 5.74) is 2.67. The summed E-state index contributed by atoms with van der Waals surface area (Å²) in [6.45, 7) is 2.03. The Morgan fingerprint density at radius 3 is 2.54 bits per heavy atom. The fraction of sp³-hybridized carbons (Fsp3) is 0.105. The first kappa shape index (κ1) is 17.1. The number of nitrogens with one attached hydrogen (secondary N) is 1. The molecule has 1 aromatic heterocycles. The zero-order chi connectivity index (χ0) is 17.1. The van der Waals surface area contributed by atoms with Gasteiger partial charge in [-0.3, -0.25) is 4.79 Å². The van der Waals surface area contributed by atoms with Crippen LogP contribution in [0.5, 0.6) is 0 Å². The predicted octanol–water partition coefficient (Wildman–Crippen LogP) is 5.32. The Hall–Kier alpha value is -1.73. The van der Waals surface area contributed by atoms with E-state index in [4.69, 9.17) is 0 Å². The van der Waals surface area contributed by atoms with Crippen LogP contribution < -0.4 is 5.32 Å². The van der Waals surface area contributed by atoms with E-state index in [1.54, 1.807) is 11.3 Å². The molecule has 0 saturated heterocycles. The van der Waals surface area contributed by atoms with Crippen molar-refractivity contribution < 1.29 is 9.18 Å². The zero-order valence-electron chi connectivity index (χ0n) is 12.9. The molecule has 3 rings (SSSR count). The molecule has 0 radical (unpaired) electrons. The second kappa shape index (κ2) is 7.44. The second-order valence-electron chi connectivity index (χ2n) is 5.46. The van der Waals surface area contributed by atoms with Crippen LogP contribution >= 0.6 is 33.9 Å². The van der Waals surface area contributed by atoms with Crippen molar-refractivity contribution in [3.05, 3.63) is 90.9 Å². The van der Waals surface area contributed by atoms with E-state index >= 15 is 0 Å². The Bertz CT molecular complexity index is 846. The van der Waals surface area contributed by atoms with E-state index in [9.17, 15) is 9.18 Å². The van der Waals surface area contributed by atoms with Crippen LogP contribution in [-0.4, -0.2) is 5.91 Å². The van der Waals surface area contributed by atoms with Gasteiger partial charge in [0.05, 0.1) is 11.6 Å². The summed E-state index contributed by atoms with van der Waals surface area (Å²) in [4.78, 5) is 13.7. The van der Waals surface area contributed by atoms with Crippen LogP contribution in [0, 0.1) is 16.3 Å². The molecule has 0 bridgehead atoms. The number of amides is 1. The summed E-state index contributed by atoms with van der Waals surface area (Å²) in [5, 5.41) is 5.07. The fourth-order valence-corrected chi connectivity index (χ4v) is 3.94. The van der Waals surface area contributed by atoms with E-state index in [1.807, 2.05) is 71.3 Å². The molecule has 3 aromatic rings. The van der Waals surface area contributed by atoms with Gasteiger partial charge in [0.15, 0.2) is 0 Å². The molecule has 0 aliphatic heterocycles. The van der Waals surface area contributed by atoms with Gasteiger partial charge in [-0.05, 0) is 64.7 Å². The molecule has 2 aromatic carbocycles. The molecule has 0 aliphatic carbocycles. The molecule has 0 spiro atoms. The smallest absolute Gasteiger partial charge is 0.253 e. The van der Waals surface area contributed by atoms with E-state index < -0.39 is 0 Å². The van der Waals surface area contributed by atoms with Crippen LogP contribution in [0.1, 0.15) is 32.4 Å². The molecule has 1 unspecified atom stereocenters. The van der Waals surface area contributed by atoms with Gasteiger partial charge in [0.2, 0.25) is 0 Å². The van der Waals surface area contributed by atoms with Crippen molar-refractivity contribution in [2.75, 3.05) is 0 Å². The standard InChI is InChI=1S/C19H15FINOS/c1-12-4-6-13(7-5-12)18(17-3-2-10-24-17)22-19(23)15-9-8-14(20)11-16(15)21/h2-11,18H,1H3,(H,22,23). The molecule has 2 nitrogen and oxygen atoms in total. The zero-order valence-corrected chi connectivity index (χ0v) is 15.9. The minimum absolute atomic E-state index is 0.210. The lowest BCUT2D eigenvalue weighted by atomic mass is 10.0. The summed E-state index contributed by atoms with van der Waals surface area (Å²) in [5.74, 6) is -0.553. The van der Waals surface area contributed by atoms with E-state index in [-0.39, 0.29) is 17.8 Å². The van der Waals surface area contributed by atoms with Gasteiger partial charge in [-0.2, -0.15) is 0 Å². The lowest BCUT2D eigenvalue weighted by molar-refractivity contribution is 0.0942. The first-order chi connectivity index (χ1) is 11.5. The Labute approximate surface area is 157 Å². The second-order valence-corrected chi connectivity index (χ2v) is 7.60. The van der Waals surface area contributed by atoms with Crippen LogP contribution in [0.4, 0.5) is 4.39 Å². The highest BCUT2D eigenvalue weighted by Gasteiger charge is 2.20. The van der Waals surface area contributed by atoms with E-state index in [0.29, 0.717) is 9.13 Å². The average Bonchev–Trinajstić information content (AvgIpc) is 3.07. The van der Waals surface area contributed by atoms with E-state index in [0.717, 1.165) is 10.4 Å². The molecule has 1 heterocycles. The summed E-state index contributed by atoms with van der Waals surface area (Å²) >= 11 is 3.58. The van der Waals surface area contributed by atoms with Crippen LogP contribution in [0.25, 0.3) is 0 Å². The molecule has 122 valence electrons. The van der Waals surface area contributed by atoms with Crippen molar-refractivity contribution in [3.8, 4) is 0 Å². The average molecular weight is 451 g/mol. The maximum atomic E-state index is 13.3. The molecule has 1 amide bonds. The number of thiophene rings is 1. The van der Waals surface area contributed by atoms with E-state index in [2.05, 4.69) is 5.32 Å². The summed E-state index contributed by atoms with van der Waals surface area (Å²) in [7, 11) is 0. The Morgan fingerprint density at radius 2 is 1.92 bits per heavy atom. The van der Waals surface area contributed by atoms with Crippen LogP contribution in [0.2, 0.25) is 0 Å². The molecule has 1 N–H and O–H groups in total. The maximum absolute atomic E-state index is 13.3. The number of hydrogen-bond acceptors (Lipinski definition) is 2. The van der Waals surface area contributed by atoms with Gasteiger partial charge in [0, 0.05) is 8.45 Å². The third-order valence-electron chi connectivity index (χ3n) is 3.69. The van der Waals surface area contributed by atoms with Gasteiger partial charge in [0.25, 0.3) is 5.91 Å². The molecule has 24 heavy (non-hydrogen) atoms. The first-order valence-electron chi connectivity index (χ1n) is 7.40. The predicted molar refractivity (Wildman–Crippen MR) is 104 cm³/mol. The Morgan fingerprint density at radius 1 is 1.17 bits per heavy atom.